The first-order valence-corrected chi connectivity index (χ1v) is 6.00. The Hall–Kier alpha value is -2.24. The maximum absolute atomic E-state index is 11.9. The van der Waals surface area contributed by atoms with Crippen molar-refractivity contribution in [1.82, 2.24) is 0 Å². The summed E-state index contributed by atoms with van der Waals surface area (Å²) >= 11 is 0. The topological polar surface area (TPSA) is 81.9 Å². The van der Waals surface area contributed by atoms with Crippen LogP contribution in [-0.2, 0) is 14.3 Å². The van der Waals surface area contributed by atoms with E-state index in [0.29, 0.717) is 17.1 Å². The first-order chi connectivity index (χ1) is 8.99. The van der Waals surface area contributed by atoms with E-state index in [4.69, 9.17) is 15.2 Å². The molecule has 0 saturated heterocycles. The highest BCUT2D eigenvalue weighted by Crippen LogP contribution is 2.36. The molecule has 0 saturated carbocycles. The number of para-hydroxylation sites is 1. The number of amides is 1. The number of nitrogen functional groups attached to an aromatic ring is 1. The highest BCUT2D eigenvalue weighted by Gasteiger charge is 2.29. The van der Waals surface area contributed by atoms with Gasteiger partial charge in [0.15, 0.2) is 6.61 Å². The van der Waals surface area contributed by atoms with Crippen LogP contribution in [0.25, 0.3) is 0 Å². The summed E-state index contributed by atoms with van der Waals surface area (Å²) in [6.45, 7) is 3.23. The number of anilines is 2. The van der Waals surface area contributed by atoms with Crippen molar-refractivity contribution in [2.75, 3.05) is 23.8 Å². The Bertz CT molecular complexity index is 513. The molecule has 0 spiro atoms. The minimum Gasteiger partial charge on any atom is -0.481 e. The average Bonchev–Trinajstić information content (AvgIpc) is 2.32. The van der Waals surface area contributed by atoms with E-state index in [9.17, 15) is 9.59 Å². The zero-order chi connectivity index (χ0) is 14.0. The minimum absolute atomic E-state index is 0.106. The van der Waals surface area contributed by atoms with Gasteiger partial charge in [-0.15, -0.1) is 0 Å². The molecule has 6 nitrogen and oxygen atoms in total. The van der Waals surface area contributed by atoms with Crippen LogP contribution in [0.1, 0.15) is 13.8 Å². The fourth-order valence-corrected chi connectivity index (χ4v) is 1.88. The van der Waals surface area contributed by atoms with Crippen molar-refractivity contribution in [3.05, 3.63) is 18.2 Å². The van der Waals surface area contributed by atoms with Crippen molar-refractivity contribution in [1.29, 1.82) is 0 Å². The van der Waals surface area contributed by atoms with Crippen LogP contribution in [0.3, 0.4) is 0 Å². The molecule has 1 aliphatic heterocycles. The molecule has 0 unspecified atom stereocenters. The number of carbonyl (C=O) groups is 2. The van der Waals surface area contributed by atoms with Gasteiger partial charge in [-0.3, -0.25) is 14.5 Å². The van der Waals surface area contributed by atoms with Gasteiger partial charge in [-0.25, -0.2) is 0 Å². The summed E-state index contributed by atoms with van der Waals surface area (Å²) in [4.78, 5) is 24.9. The van der Waals surface area contributed by atoms with Gasteiger partial charge >= 0.3 is 5.97 Å². The van der Waals surface area contributed by atoms with Crippen molar-refractivity contribution < 1.29 is 19.1 Å². The maximum atomic E-state index is 11.9. The van der Waals surface area contributed by atoms with E-state index in [1.165, 1.54) is 4.90 Å². The Balaban J connectivity index is 2.26. The van der Waals surface area contributed by atoms with Crippen LogP contribution in [0.2, 0.25) is 0 Å². The zero-order valence-electron chi connectivity index (χ0n) is 10.9. The van der Waals surface area contributed by atoms with Gasteiger partial charge in [-0.1, -0.05) is 6.07 Å². The lowest BCUT2D eigenvalue weighted by molar-refractivity contribution is -0.146. The SMILES string of the molecule is CC(C)OC(=O)CN1C(=O)COc2cccc(N)c21. The third kappa shape index (κ3) is 2.78. The molecule has 1 aromatic carbocycles. The summed E-state index contributed by atoms with van der Waals surface area (Å²) < 4.78 is 10.3. The molecule has 0 aliphatic carbocycles. The molecule has 2 N–H and O–H groups in total. The number of esters is 1. The summed E-state index contributed by atoms with van der Waals surface area (Å²) in [6, 6.07) is 5.09. The van der Waals surface area contributed by atoms with Crippen LogP contribution in [0.5, 0.6) is 5.75 Å². The minimum atomic E-state index is -0.473. The Morgan fingerprint density at radius 1 is 1.53 bits per heavy atom. The fraction of sp³-hybridized carbons (Fsp3) is 0.385. The highest BCUT2D eigenvalue weighted by molar-refractivity contribution is 6.04. The molecule has 1 aromatic rings. The van der Waals surface area contributed by atoms with Gasteiger partial charge in [0.1, 0.15) is 18.0 Å². The van der Waals surface area contributed by atoms with E-state index in [0.717, 1.165) is 0 Å². The summed E-state index contributed by atoms with van der Waals surface area (Å²) in [5.41, 5.74) is 6.67. The number of fused-ring (bicyclic) bond motifs is 1. The molecule has 1 amide bonds. The quantitative estimate of drug-likeness (QED) is 0.649. The van der Waals surface area contributed by atoms with Gasteiger partial charge in [0.25, 0.3) is 5.91 Å². The molecule has 0 bridgehead atoms. The van der Waals surface area contributed by atoms with Crippen LogP contribution >= 0.6 is 0 Å². The van der Waals surface area contributed by atoms with E-state index in [1.54, 1.807) is 32.0 Å². The smallest absolute Gasteiger partial charge is 0.326 e. The third-order valence-electron chi connectivity index (χ3n) is 2.61. The predicted molar refractivity (Wildman–Crippen MR) is 69.9 cm³/mol. The van der Waals surface area contributed by atoms with Gasteiger partial charge in [0.05, 0.1) is 11.8 Å². The van der Waals surface area contributed by atoms with Gasteiger partial charge in [0.2, 0.25) is 0 Å². The summed E-state index contributed by atoms with van der Waals surface area (Å²) in [5.74, 6) is -0.289. The van der Waals surface area contributed by atoms with Crippen molar-refractivity contribution in [2.45, 2.75) is 20.0 Å². The molecular formula is C13H16N2O4. The molecule has 2 rings (SSSR count). The molecular weight excluding hydrogens is 248 g/mol. The number of hydrogen-bond donors (Lipinski definition) is 1. The van der Waals surface area contributed by atoms with Crippen molar-refractivity contribution in [3.63, 3.8) is 0 Å². The van der Waals surface area contributed by atoms with Gasteiger partial charge in [0, 0.05) is 0 Å². The first-order valence-electron chi connectivity index (χ1n) is 6.00. The zero-order valence-corrected chi connectivity index (χ0v) is 10.9. The lowest BCUT2D eigenvalue weighted by Gasteiger charge is -2.29. The number of nitrogens with zero attached hydrogens (tertiary/aromatic N) is 1. The maximum Gasteiger partial charge on any atom is 0.326 e. The van der Waals surface area contributed by atoms with Crippen molar-refractivity contribution in [3.8, 4) is 5.75 Å². The third-order valence-corrected chi connectivity index (χ3v) is 2.61. The normalized spacial score (nSPS) is 14.1. The number of carbonyl (C=O) groups excluding carboxylic acids is 2. The molecule has 6 heteroatoms. The molecule has 0 radical (unpaired) electrons. The van der Waals surface area contributed by atoms with E-state index in [-0.39, 0.29) is 25.2 Å². The van der Waals surface area contributed by atoms with Crippen molar-refractivity contribution >= 4 is 23.3 Å². The average molecular weight is 264 g/mol. The largest absolute Gasteiger partial charge is 0.481 e. The number of benzene rings is 1. The summed E-state index contributed by atoms with van der Waals surface area (Å²) in [7, 11) is 0. The highest BCUT2D eigenvalue weighted by atomic mass is 16.5. The number of rotatable bonds is 3. The van der Waals surface area contributed by atoms with Gasteiger partial charge in [-0.2, -0.15) is 0 Å². The Kier molecular flexibility index (Phi) is 3.59. The number of hydrogen-bond acceptors (Lipinski definition) is 5. The standard InChI is InChI=1S/C13H16N2O4/c1-8(2)19-12(17)6-15-11(16)7-18-10-5-3-4-9(14)13(10)15/h3-5,8H,6-7,14H2,1-2H3. The molecule has 1 aliphatic rings. The molecule has 0 atom stereocenters. The summed E-state index contributed by atoms with van der Waals surface area (Å²) in [5, 5.41) is 0. The van der Waals surface area contributed by atoms with E-state index >= 15 is 0 Å². The van der Waals surface area contributed by atoms with Crippen LogP contribution in [0, 0.1) is 0 Å². The van der Waals surface area contributed by atoms with E-state index in [1.807, 2.05) is 0 Å². The second-order valence-corrected chi connectivity index (χ2v) is 4.50. The monoisotopic (exact) mass is 264 g/mol. The Morgan fingerprint density at radius 2 is 2.26 bits per heavy atom. The number of ether oxygens (including phenoxy) is 2. The van der Waals surface area contributed by atoms with Gasteiger partial charge < -0.3 is 15.2 Å². The molecule has 102 valence electrons. The molecule has 19 heavy (non-hydrogen) atoms. The van der Waals surface area contributed by atoms with Crippen LogP contribution in [0.4, 0.5) is 11.4 Å². The van der Waals surface area contributed by atoms with Crippen LogP contribution < -0.4 is 15.4 Å². The second-order valence-electron chi connectivity index (χ2n) is 4.50. The predicted octanol–water partition coefficient (Wildman–Crippen LogP) is 0.946. The number of nitrogens with two attached hydrogens (primary N) is 1. The molecule has 0 fully saturated rings. The van der Waals surface area contributed by atoms with E-state index in [2.05, 4.69) is 0 Å². The second kappa shape index (κ2) is 5.17. The molecule has 0 aromatic heterocycles. The fourth-order valence-electron chi connectivity index (χ4n) is 1.88. The van der Waals surface area contributed by atoms with Gasteiger partial charge in [-0.05, 0) is 26.0 Å². The van der Waals surface area contributed by atoms with Crippen LogP contribution in [0.15, 0.2) is 18.2 Å². The van der Waals surface area contributed by atoms with Crippen molar-refractivity contribution in [2.24, 2.45) is 0 Å². The molecule has 1 heterocycles. The Morgan fingerprint density at radius 3 is 2.95 bits per heavy atom. The lowest BCUT2D eigenvalue weighted by atomic mass is 10.2. The first kappa shape index (κ1) is 13.2. The lowest BCUT2D eigenvalue weighted by Crippen LogP contribution is -2.43. The van der Waals surface area contributed by atoms with E-state index < -0.39 is 5.97 Å². The summed E-state index contributed by atoms with van der Waals surface area (Å²) in [6.07, 6.45) is -0.226. The van der Waals surface area contributed by atoms with Crippen LogP contribution in [-0.4, -0.2) is 31.1 Å². The Labute approximate surface area is 111 Å².